The number of hydrogen-bond donors (Lipinski definition) is 2. The maximum Gasteiger partial charge on any atom is 0.303 e. The summed E-state index contributed by atoms with van der Waals surface area (Å²) >= 11 is 0. The van der Waals surface area contributed by atoms with Crippen molar-refractivity contribution in [1.29, 1.82) is 0 Å². The van der Waals surface area contributed by atoms with Crippen molar-refractivity contribution in [3.63, 3.8) is 0 Å². The average molecular weight is 292 g/mol. The van der Waals surface area contributed by atoms with E-state index in [-0.39, 0.29) is 18.0 Å². The molecule has 0 bridgehead atoms. The molecule has 0 saturated heterocycles. The Kier molecular flexibility index (Phi) is 7.51. The highest BCUT2D eigenvalue weighted by Gasteiger charge is 2.10. The van der Waals surface area contributed by atoms with Gasteiger partial charge in [-0.05, 0) is 31.9 Å². The number of benzene rings is 1. The molecular weight excluding hydrogens is 268 g/mol. The molecule has 0 aliphatic carbocycles. The van der Waals surface area contributed by atoms with Gasteiger partial charge in [-0.15, -0.1) is 0 Å². The van der Waals surface area contributed by atoms with Crippen molar-refractivity contribution in [3.8, 4) is 5.75 Å². The number of carbonyl (C=O) groups excluding carboxylic acids is 1. The summed E-state index contributed by atoms with van der Waals surface area (Å²) in [7, 11) is 0. The van der Waals surface area contributed by atoms with Crippen molar-refractivity contribution < 1.29 is 19.8 Å². The minimum Gasteiger partial charge on any atom is -0.507 e. The highest BCUT2D eigenvalue weighted by atomic mass is 16.4. The Balaban J connectivity index is 2.16. The SMILES string of the molecule is Cc1ccc(O)c(C(=O)CCCCCCCCC(=O)O)c1. The van der Waals surface area contributed by atoms with Crippen LogP contribution in [0.25, 0.3) is 0 Å². The average Bonchev–Trinajstić information content (AvgIpc) is 2.43. The molecule has 0 aliphatic heterocycles. The number of phenolic OH excluding ortho intramolecular Hbond substituents is 1. The lowest BCUT2D eigenvalue weighted by Gasteiger charge is -2.05. The number of aliphatic carboxylic acids is 1. The van der Waals surface area contributed by atoms with E-state index in [1.165, 1.54) is 0 Å². The number of carboxylic acid groups (broad SMARTS) is 1. The number of phenols is 1. The van der Waals surface area contributed by atoms with Gasteiger partial charge in [0.2, 0.25) is 0 Å². The van der Waals surface area contributed by atoms with E-state index < -0.39 is 5.97 Å². The Labute approximate surface area is 125 Å². The first-order chi connectivity index (χ1) is 10.0. The number of unbranched alkanes of at least 4 members (excludes halogenated alkanes) is 5. The Hall–Kier alpha value is -1.84. The quantitative estimate of drug-likeness (QED) is 0.503. The van der Waals surface area contributed by atoms with Gasteiger partial charge in [-0.25, -0.2) is 0 Å². The van der Waals surface area contributed by atoms with Gasteiger partial charge in [0.25, 0.3) is 0 Å². The molecule has 0 aromatic heterocycles. The Morgan fingerprint density at radius 1 is 0.952 bits per heavy atom. The summed E-state index contributed by atoms with van der Waals surface area (Å²) in [5.74, 6) is -0.695. The number of rotatable bonds is 10. The standard InChI is InChI=1S/C17H24O4/c1-13-10-11-16(19)14(12-13)15(18)8-6-4-2-3-5-7-9-17(20)21/h10-12,19H,2-9H2,1H3,(H,20,21). The van der Waals surface area contributed by atoms with Crippen molar-refractivity contribution in [3.05, 3.63) is 29.3 Å². The normalized spacial score (nSPS) is 10.5. The first-order valence-corrected chi connectivity index (χ1v) is 7.55. The predicted molar refractivity (Wildman–Crippen MR) is 81.7 cm³/mol. The van der Waals surface area contributed by atoms with Crippen molar-refractivity contribution in [1.82, 2.24) is 0 Å². The minimum absolute atomic E-state index is 0.0120. The molecule has 1 rings (SSSR count). The maximum atomic E-state index is 12.0. The summed E-state index contributed by atoms with van der Waals surface area (Å²) in [6.07, 6.45) is 6.15. The molecule has 4 nitrogen and oxygen atoms in total. The van der Waals surface area contributed by atoms with Gasteiger partial charge in [0.15, 0.2) is 5.78 Å². The van der Waals surface area contributed by atoms with Crippen LogP contribution in [0.2, 0.25) is 0 Å². The molecule has 1 aromatic carbocycles. The van der Waals surface area contributed by atoms with E-state index in [4.69, 9.17) is 5.11 Å². The molecule has 0 atom stereocenters. The van der Waals surface area contributed by atoms with Crippen LogP contribution in [-0.4, -0.2) is 22.0 Å². The predicted octanol–water partition coefficient (Wildman–Crippen LogP) is 4.09. The number of Topliss-reactive ketones (excluding diaryl/α,β-unsaturated/α-hetero) is 1. The van der Waals surface area contributed by atoms with Crippen LogP contribution in [0.15, 0.2) is 18.2 Å². The van der Waals surface area contributed by atoms with E-state index in [0.717, 1.165) is 44.1 Å². The van der Waals surface area contributed by atoms with Gasteiger partial charge in [0.05, 0.1) is 5.56 Å². The van der Waals surface area contributed by atoms with Crippen LogP contribution in [0, 0.1) is 6.92 Å². The monoisotopic (exact) mass is 292 g/mol. The highest BCUT2D eigenvalue weighted by molar-refractivity contribution is 5.98. The number of aromatic hydroxyl groups is 1. The topological polar surface area (TPSA) is 74.6 Å². The second-order valence-corrected chi connectivity index (χ2v) is 5.46. The number of carboxylic acids is 1. The van der Waals surface area contributed by atoms with Crippen LogP contribution in [-0.2, 0) is 4.79 Å². The summed E-state index contributed by atoms with van der Waals surface area (Å²) in [5.41, 5.74) is 1.38. The summed E-state index contributed by atoms with van der Waals surface area (Å²) < 4.78 is 0. The van der Waals surface area contributed by atoms with Gasteiger partial charge < -0.3 is 10.2 Å². The Morgan fingerprint density at radius 3 is 2.14 bits per heavy atom. The molecule has 21 heavy (non-hydrogen) atoms. The van der Waals surface area contributed by atoms with Gasteiger partial charge in [0.1, 0.15) is 5.75 Å². The fourth-order valence-electron chi connectivity index (χ4n) is 2.28. The van der Waals surface area contributed by atoms with Crippen LogP contribution in [0.3, 0.4) is 0 Å². The second kappa shape index (κ2) is 9.16. The van der Waals surface area contributed by atoms with Gasteiger partial charge in [-0.1, -0.05) is 37.3 Å². The first-order valence-electron chi connectivity index (χ1n) is 7.55. The van der Waals surface area contributed by atoms with Crippen molar-refractivity contribution in [2.75, 3.05) is 0 Å². The van der Waals surface area contributed by atoms with Crippen molar-refractivity contribution in [2.45, 2.75) is 58.3 Å². The van der Waals surface area contributed by atoms with E-state index in [1.54, 1.807) is 18.2 Å². The van der Waals surface area contributed by atoms with Crippen LogP contribution >= 0.6 is 0 Å². The van der Waals surface area contributed by atoms with Gasteiger partial charge in [-0.3, -0.25) is 9.59 Å². The van der Waals surface area contributed by atoms with E-state index in [2.05, 4.69) is 0 Å². The molecule has 4 heteroatoms. The van der Waals surface area contributed by atoms with Crippen LogP contribution in [0.1, 0.15) is 67.3 Å². The summed E-state index contributed by atoms with van der Waals surface area (Å²) in [6.45, 7) is 1.90. The Morgan fingerprint density at radius 2 is 1.52 bits per heavy atom. The maximum absolute atomic E-state index is 12.0. The zero-order chi connectivity index (χ0) is 15.7. The number of aryl methyl sites for hydroxylation is 1. The van der Waals surface area contributed by atoms with Gasteiger partial charge >= 0.3 is 5.97 Å². The largest absolute Gasteiger partial charge is 0.507 e. The first kappa shape index (κ1) is 17.2. The number of ketones is 1. The molecule has 0 saturated carbocycles. The molecule has 1 aromatic rings. The van der Waals surface area contributed by atoms with Crippen LogP contribution < -0.4 is 0 Å². The van der Waals surface area contributed by atoms with Gasteiger partial charge in [-0.2, -0.15) is 0 Å². The van der Waals surface area contributed by atoms with E-state index in [9.17, 15) is 14.7 Å². The third-order valence-corrected chi connectivity index (χ3v) is 3.50. The minimum atomic E-state index is -0.737. The molecule has 0 fully saturated rings. The lowest BCUT2D eigenvalue weighted by molar-refractivity contribution is -0.137. The molecule has 2 N–H and O–H groups in total. The lowest BCUT2D eigenvalue weighted by Crippen LogP contribution is -2.00. The second-order valence-electron chi connectivity index (χ2n) is 5.46. The summed E-state index contributed by atoms with van der Waals surface area (Å²) in [5, 5.41) is 18.2. The van der Waals surface area contributed by atoms with Gasteiger partial charge in [0, 0.05) is 12.8 Å². The molecular formula is C17H24O4. The zero-order valence-corrected chi connectivity index (χ0v) is 12.6. The van der Waals surface area contributed by atoms with Crippen molar-refractivity contribution >= 4 is 11.8 Å². The fourth-order valence-corrected chi connectivity index (χ4v) is 2.28. The molecule has 0 amide bonds. The third kappa shape index (κ3) is 6.93. The lowest BCUT2D eigenvalue weighted by atomic mass is 10.0. The molecule has 0 aliphatic rings. The van der Waals surface area contributed by atoms with Crippen LogP contribution in [0.5, 0.6) is 5.75 Å². The molecule has 116 valence electrons. The zero-order valence-electron chi connectivity index (χ0n) is 12.6. The van der Waals surface area contributed by atoms with Crippen molar-refractivity contribution in [2.24, 2.45) is 0 Å². The Bertz CT molecular complexity index is 480. The molecule has 0 heterocycles. The number of hydrogen-bond acceptors (Lipinski definition) is 3. The fraction of sp³-hybridized carbons (Fsp3) is 0.529. The summed E-state index contributed by atoms with van der Waals surface area (Å²) in [6, 6.07) is 5.07. The van der Waals surface area contributed by atoms with E-state index >= 15 is 0 Å². The summed E-state index contributed by atoms with van der Waals surface area (Å²) in [4.78, 5) is 22.3. The van der Waals surface area contributed by atoms with E-state index in [1.807, 2.05) is 6.92 Å². The third-order valence-electron chi connectivity index (χ3n) is 3.50. The molecule has 0 radical (unpaired) electrons. The van der Waals surface area contributed by atoms with E-state index in [0.29, 0.717) is 12.0 Å². The molecule has 0 unspecified atom stereocenters. The highest BCUT2D eigenvalue weighted by Crippen LogP contribution is 2.21. The number of carbonyl (C=O) groups is 2. The van der Waals surface area contributed by atoms with Crippen LogP contribution in [0.4, 0.5) is 0 Å². The molecule has 0 spiro atoms. The smallest absolute Gasteiger partial charge is 0.303 e.